The van der Waals surface area contributed by atoms with Crippen molar-refractivity contribution in [2.75, 3.05) is 7.11 Å². The summed E-state index contributed by atoms with van der Waals surface area (Å²) in [6.07, 6.45) is 5.30. The van der Waals surface area contributed by atoms with E-state index in [0.29, 0.717) is 5.76 Å². The zero-order valence-corrected chi connectivity index (χ0v) is 9.48. The predicted molar refractivity (Wildman–Crippen MR) is 60.0 cm³/mol. The fourth-order valence-corrected chi connectivity index (χ4v) is 2.47. The van der Waals surface area contributed by atoms with E-state index in [1.54, 1.807) is 13.2 Å². The van der Waals surface area contributed by atoms with Crippen LogP contribution in [0.1, 0.15) is 13.8 Å². The van der Waals surface area contributed by atoms with Gasteiger partial charge in [0.2, 0.25) is 5.12 Å². The average Bonchev–Trinajstić information content (AvgIpc) is 2.40. The number of methoxy groups -OCH3 is 1. The summed E-state index contributed by atoms with van der Waals surface area (Å²) in [5.74, 6) is 0.703. The highest BCUT2D eigenvalue weighted by molar-refractivity contribution is 8.15. The van der Waals surface area contributed by atoms with Crippen molar-refractivity contribution < 1.29 is 9.53 Å². The quantitative estimate of drug-likeness (QED) is 0.670. The van der Waals surface area contributed by atoms with Crippen molar-refractivity contribution in [1.29, 1.82) is 0 Å². The van der Waals surface area contributed by atoms with Crippen LogP contribution in [0, 0.1) is 0 Å². The molecule has 0 fully saturated rings. The number of hydrogen-bond donors (Lipinski definition) is 0. The minimum atomic E-state index is -0.371. The highest BCUT2D eigenvalue weighted by Gasteiger charge is 2.37. The van der Waals surface area contributed by atoms with E-state index in [4.69, 9.17) is 4.74 Å². The highest BCUT2D eigenvalue weighted by Crippen LogP contribution is 2.41. The molecule has 0 unspecified atom stereocenters. The third-order valence-electron chi connectivity index (χ3n) is 2.10. The van der Waals surface area contributed by atoms with Crippen LogP contribution >= 0.6 is 11.8 Å². The molecule has 0 aromatic heterocycles. The molecule has 0 saturated carbocycles. The minimum Gasteiger partial charge on any atom is -0.499 e. The molecule has 1 heterocycles. The lowest BCUT2D eigenvalue weighted by Crippen LogP contribution is -2.18. The number of carbonyl (C=O) groups is 1. The lowest BCUT2D eigenvalue weighted by Gasteiger charge is -2.21. The Morgan fingerprint density at radius 1 is 1.71 bits per heavy atom. The van der Waals surface area contributed by atoms with Crippen molar-refractivity contribution in [1.82, 2.24) is 0 Å². The fourth-order valence-electron chi connectivity index (χ4n) is 1.39. The topological polar surface area (TPSA) is 26.3 Å². The molecule has 0 saturated heterocycles. The van der Waals surface area contributed by atoms with Gasteiger partial charge in [0, 0.05) is 6.08 Å². The molecule has 0 aliphatic carbocycles. The van der Waals surface area contributed by atoms with Crippen molar-refractivity contribution in [2.45, 2.75) is 18.6 Å². The first-order valence-corrected chi connectivity index (χ1v) is 5.14. The van der Waals surface area contributed by atoms with Crippen LogP contribution in [0.2, 0.25) is 0 Å². The lowest BCUT2D eigenvalue weighted by atomic mass is 10.0. The van der Waals surface area contributed by atoms with Gasteiger partial charge in [-0.2, -0.15) is 0 Å². The Hall–Kier alpha value is -0.960. The highest BCUT2D eigenvalue weighted by atomic mass is 32.2. The van der Waals surface area contributed by atoms with E-state index >= 15 is 0 Å². The SMILES string of the molecule is C=C/C(C)=C/[C@@]1(C)SC(=O)C=C1OC. The summed E-state index contributed by atoms with van der Waals surface area (Å²) in [4.78, 5) is 11.2. The summed E-state index contributed by atoms with van der Waals surface area (Å²) in [5, 5.41) is 0.0393. The Morgan fingerprint density at radius 3 is 2.86 bits per heavy atom. The molecule has 0 amide bonds. The maximum atomic E-state index is 11.2. The molecule has 2 nitrogen and oxygen atoms in total. The van der Waals surface area contributed by atoms with Crippen molar-refractivity contribution >= 4 is 16.9 Å². The Morgan fingerprint density at radius 2 is 2.36 bits per heavy atom. The molecule has 0 aromatic carbocycles. The van der Waals surface area contributed by atoms with Crippen LogP contribution in [0.5, 0.6) is 0 Å². The van der Waals surface area contributed by atoms with Gasteiger partial charge >= 0.3 is 0 Å². The van der Waals surface area contributed by atoms with E-state index in [2.05, 4.69) is 6.58 Å². The summed E-state index contributed by atoms with van der Waals surface area (Å²) in [6, 6.07) is 0. The molecule has 0 spiro atoms. The Labute approximate surface area is 88.7 Å². The smallest absolute Gasteiger partial charge is 0.216 e. The third kappa shape index (κ3) is 2.10. The zero-order chi connectivity index (χ0) is 10.8. The standard InChI is InChI=1S/C11H14O2S/c1-5-8(2)7-11(3)9(13-4)6-10(12)14-11/h5-7H,1H2,2-4H3/b8-7+/t11-/m1/s1. The molecule has 1 rings (SSSR count). The molecule has 0 radical (unpaired) electrons. The minimum absolute atomic E-state index is 0.0393. The van der Waals surface area contributed by atoms with E-state index in [0.717, 1.165) is 5.57 Å². The first-order valence-electron chi connectivity index (χ1n) is 4.33. The van der Waals surface area contributed by atoms with Gasteiger partial charge in [0.25, 0.3) is 0 Å². The fraction of sp³-hybridized carbons (Fsp3) is 0.364. The Kier molecular flexibility index (Phi) is 3.21. The van der Waals surface area contributed by atoms with Crippen molar-refractivity contribution in [3.8, 4) is 0 Å². The van der Waals surface area contributed by atoms with Gasteiger partial charge in [0.05, 0.1) is 11.9 Å². The second-order valence-electron chi connectivity index (χ2n) is 3.33. The first kappa shape index (κ1) is 11.1. The molecule has 0 bridgehead atoms. The molecule has 0 N–H and O–H groups in total. The molecule has 1 aliphatic heterocycles. The third-order valence-corrected chi connectivity index (χ3v) is 3.16. The van der Waals surface area contributed by atoms with Gasteiger partial charge in [0.15, 0.2) is 0 Å². The molecule has 0 aromatic rings. The van der Waals surface area contributed by atoms with Crippen LogP contribution in [-0.4, -0.2) is 17.0 Å². The van der Waals surface area contributed by atoms with Gasteiger partial charge in [-0.25, -0.2) is 0 Å². The number of carbonyl (C=O) groups excluding carboxylic acids is 1. The van der Waals surface area contributed by atoms with Crippen LogP contribution in [0.3, 0.4) is 0 Å². The van der Waals surface area contributed by atoms with Crippen molar-refractivity contribution in [2.24, 2.45) is 0 Å². The van der Waals surface area contributed by atoms with Gasteiger partial charge in [-0.1, -0.05) is 36.1 Å². The van der Waals surface area contributed by atoms with Crippen LogP contribution in [0.15, 0.2) is 36.1 Å². The Bertz CT molecular complexity index is 328. The molecule has 3 heteroatoms. The molecule has 76 valence electrons. The summed E-state index contributed by atoms with van der Waals surface area (Å²) >= 11 is 1.26. The largest absolute Gasteiger partial charge is 0.499 e. The van der Waals surface area contributed by atoms with Gasteiger partial charge < -0.3 is 4.74 Å². The average molecular weight is 210 g/mol. The zero-order valence-electron chi connectivity index (χ0n) is 8.66. The van der Waals surface area contributed by atoms with Crippen LogP contribution in [-0.2, 0) is 9.53 Å². The van der Waals surface area contributed by atoms with Crippen molar-refractivity contribution in [3.63, 3.8) is 0 Å². The van der Waals surface area contributed by atoms with Gasteiger partial charge in [-0.3, -0.25) is 4.79 Å². The summed E-state index contributed by atoms with van der Waals surface area (Å²) < 4.78 is 4.81. The number of hydrogen-bond acceptors (Lipinski definition) is 3. The molecule has 1 aliphatic rings. The molecule has 14 heavy (non-hydrogen) atoms. The molecular formula is C11H14O2S. The second-order valence-corrected chi connectivity index (χ2v) is 4.79. The van der Waals surface area contributed by atoms with Gasteiger partial charge in [-0.15, -0.1) is 0 Å². The molecular weight excluding hydrogens is 196 g/mol. The van der Waals surface area contributed by atoms with Crippen LogP contribution < -0.4 is 0 Å². The summed E-state index contributed by atoms with van der Waals surface area (Å²) in [6.45, 7) is 7.60. The van der Waals surface area contributed by atoms with E-state index in [9.17, 15) is 4.79 Å². The van der Waals surface area contributed by atoms with E-state index in [1.165, 1.54) is 17.8 Å². The predicted octanol–water partition coefficient (Wildman–Crippen LogP) is 2.68. The normalized spacial score (nSPS) is 27.5. The number of rotatable bonds is 3. The van der Waals surface area contributed by atoms with Gasteiger partial charge in [-0.05, 0) is 13.8 Å². The van der Waals surface area contributed by atoms with Crippen molar-refractivity contribution in [3.05, 3.63) is 36.1 Å². The monoisotopic (exact) mass is 210 g/mol. The Balaban J connectivity index is 3.01. The summed E-state index contributed by atoms with van der Waals surface area (Å²) in [7, 11) is 1.58. The van der Waals surface area contributed by atoms with E-state index < -0.39 is 0 Å². The maximum Gasteiger partial charge on any atom is 0.216 e. The van der Waals surface area contributed by atoms with Gasteiger partial charge in [0.1, 0.15) is 5.76 Å². The second kappa shape index (κ2) is 4.05. The lowest BCUT2D eigenvalue weighted by molar-refractivity contribution is -0.107. The number of thioether (sulfide) groups is 1. The first-order chi connectivity index (χ1) is 6.51. The summed E-state index contributed by atoms with van der Waals surface area (Å²) in [5.41, 5.74) is 1.04. The van der Waals surface area contributed by atoms with Crippen LogP contribution in [0.25, 0.3) is 0 Å². The van der Waals surface area contributed by atoms with E-state index in [1.807, 2.05) is 19.9 Å². The maximum absolute atomic E-state index is 11.2. The van der Waals surface area contributed by atoms with E-state index in [-0.39, 0.29) is 9.86 Å². The number of ether oxygens (including phenoxy) is 1. The molecule has 1 atom stereocenters. The number of allylic oxidation sites excluding steroid dienone is 2. The van der Waals surface area contributed by atoms with Crippen LogP contribution in [0.4, 0.5) is 0 Å².